The van der Waals surface area contributed by atoms with Gasteiger partial charge in [-0.1, -0.05) is 25.1 Å². The molecule has 1 unspecified atom stereocenters. The predicted molar refractivity (Wildman–Crippen MR) is 68.3 cm³/mol. The van der Waals surface area contributed by atoms with Crippen molar-refractivity contribution in [3.05, 3.63) is 29.3 Å². The molecule has 1 heterocycles. The largest absolute Gasteiger partial charge is 0.493 e. The fourth-order valence-corrected chi connectivity index (χ4v) is 2.41. The Hall–Kier alpha value is -1.06. The molecule has 0 saturated heterocycles. The molecular weight excluding hydrogens is 214 g/mol. The number of ether oxygens (including phenoxy) is 2. The van der Waals surface area contributed by atoms with Gasteiger partial charge in [0.05, 0.1) is 18.8 Å². The molecule has 1 aliphatic rings. The molecule has 1 aromatic rings. The second kappa shape index (κ2) is 5.07. The molecule has 2 rings (SSSR count). The highest BCUT2D eigenvalue weighted by Gasteiger charge is 2.30. The van der Waals surface area contributed by atoms with Crippen LogP contribution in [0.4, 0.5) is 0 Å². The summed E-state index contributed by atoms with van der Waals surface area (Å²) in [5, 5.41) is 0. The van der Waals surface area contributed by atoms with Gasteiger partial charge >= 0.3 is 0 Å². The summed E-state index contributed by atoms with van der Waals surface area (Å²) >= 11 is 0. The van der Waals surface area contributed by atoms with Crippen LogP contribution in [0, 0.1) is 0 Å². The van der Waals surface area contributed by atoms with Crippen LogP contribution < -0.4 is 10.5 Å². The molecule has 0 spiro atoms. The molecule has 0 saturated carbocycles. The summed E-state index contributed by atoms with van der Waals surface area (Å²) in [5.41, 5.74) is 8.36. The third-order valence-electron chi connectivity index (χ3n) is 3.50. The Morgan fingerprint density at radius 1 is 1.47 bits per heavy atom. The van der Waals surface area contributed by atoms with Crippen molar-refractivity contribution < 1.29 is 9.47 Å². The second-order valence-electron chi connectivity index (χ2n) is 4.69. The highest BCUT2D eigenvalue weighted by molar-refractivity contribution is 5.46. The maximum absolute atomic E-state index is 6.45. The lowest BCUT2D eigenvalue weighted by Crippen LogP contribution is -2.41. The van der Waals surface area contributed by atoms with Gasteiger partial charge in [-0.25, -0.2) is 0 Å². The molecule has 3 heteroatoms. The Bertz CT molecular complexity index is 392. The summed E-state index contributed by atoms with van der Waals surface area (Å²) in [7, 11) is 1.69. The van der Waals surface area contributed by atoms with Gasteiger partial charge in [-0.3, -0.25) is 0 Å². The molecule has 94 valence electrons. The van der Waals surface area contributed by atoms with Crippen LogP contribution in [-0.4, -0.2) is 20.3 Å². The highest BCUT2D eigenvalue weighted by Crippen LogP contribution is 2.36. The molecular formula is C14H21NO2. The van der Waals surface area contributed by atoms with E-state index in [1.54, 1.807) is 7.11 Å². The Morgan fingerprint density at radius 3 is 3.00 bits per heavy atom. The van der Waals surface area contributed by atoms with Gasteiger partial charge in [-0.2, -0.15) is 0 Å². The van der Waals surface area contributed by atoms with E-state index in [9.17, 15) is 0 Å². The molecule has 0 aliphatic carbocycles. The predicted octanol–water partition coefficient (Wildman–Crippen LogP) is 2.22. The number of nitrogens with two attached hydrogens (primary N) is 1. The van der Waals surface area contributed by atoms with Crippen LogP contribution in [0.1, 0.15) is 30.9 Å². The smallest absolute Gasteiger partial charge is 0.127 e. The van der Waals surface area contributed by atoms with Crippen molar-refractivity contribution in [1.82, 2.24) is 0 Å². The van der Waals surface area contributed by atoms with E-state index in [0.717, 1.165) is 37.2 Å². The quantitative estimate of drug-likeness (QED) is 0.870. The summed E-state index contributed by atoms with van der Waals surface area (Å²) in [6, 6.07) is 6.25. The second-order valence-corrected chi connectivity index (χ2v) is 4.69. The van der Waals surface area contributed by atoms with Crippen LogP contribution in [-0.2, 0) is 16.7 Å². The van der Waals surface area contributed by atoms with Gasteiger partial charge in [0.25, 0.3) is 0 Å². The van der Waals surface area contributed by atoms with Crippen LogP contribution in [0.2, 0.25) is 0 Å². The Morgan fingerprint density at radius 2 is 2.29 bits per heavy atom. The van der Waals surface area contributed by atoms with Gasteiger partial charge in [0.2, 0.25) is 0 Å². The third kappa shape index (κ3) is 2.31. The first-order valence-electron chi connectivity index (χ1n) is 6.24. The monoisotopic (exact) mass is 235 g/mol. The van der Waals surface area contributed by atoms with Gasteiger partial charge in [0, 0.05) is 12.7 Å². The number of rotatable bonds is 4. The average Bonchev–Trinajstić information content (AvgIpc) is 2.38. The zero-order valence-corrected chi connectivity index (χ0v) is 10.7. The summed E-state index contributed by atoms with van der Waals surface area (Å²) in [6.07, 6.45) is 3.00. The minimum absolute atomic E-state index is 0.447. The molecule has 1 aliphatic heterocycles. The lowest BCUT2D eigenvalue weighted by Gasteiger charge is -2.32. The zero-order chi connectivity index (χ0) is 12.3. The molecule has 0 amide bonds. The number of para-hydroxylation sites is 1. The first-order chi connectivity index (χ1) is 8.21. The standard InChI is InChI=1S/C14H21NO2/c1-3-14(15,10-16-2)12-8-4-6-11-7-5-9-17-13(11)12/h4,6,8H,3,5,7,9-10,15H2,1-2H3. The van der Waals surface area contributed by atoms with Crippen molar-refractivity contribution in [2.45, 2.75) is 31.7 Å². The highest BCUT2D eigenvalue weighted by atomic mass is 16.5. The topological polar surface area (TPSA) is 44.5 Å². The van der Waals surface area contributed by atoms with Gasteiger partial charge in [-0.05, 0) is 24.8 Å². The Balaban J connectivity index is 2.43. The molecule has 0 radical (unpaired) electrons. The van der Waals surface area contributed by atoms with Crippen molar-refractivity contribution in [2.75, 3.05) is 20.3 Å². The van der Waals surface area contributed by atoms with Crippen molar-refractivity contribution in [3.63, 3.8) is 0 Å². The average molecular weight is 235 g/mol. The molecule has 0 aromatic heterocycles. The zero-order valence-electron chi connectivity index (χ0n) is 10.7. The van der Waals surface area contributed by atoms with Gasteiger partial charge in [0.1, 0.15) is 5.75 Å². The van der Waals surface area contributed by atoms with E-state index in [1.807, 2.05) is 0 Å². The first kappa shape index (κ1) is 12.4. The maximum Gasteiger partial charge on any atom is 0.127 e. The van der Waals surface area contributed by atoms with Crippen molar-refractivity contribution in [3.8, 4) is 5.75 Å². The number of aryl methyl sites for hydroxylation is 1. The molecule has 0 fully saturated rings. The van der Waals surface area contributed by atoms with E-state index in [4.69, 9.17) is 15.2 Å². The van der Waals surface area contributed by atoms with Crippen LogP contribution in [0.5, 0.6) is 5.75 Å². The van der Waals surface area contributed by atoms with E-state index in [-0.39, 0.29) is 0 Å². The van der Waals surface area contributed by atoms with E-state index in [0.29, 0.717) is 6.61 Å². The lowest BCUT2D eigenvalue weighted by atomic mass is 9.86. The van der Waals surface area contributed by atoms with Crippen LogP contribution >= 0.6 is 0 Å². The fourth-order valence-electron chi connectivity index (χ4n) is 2.41. The van der Waals surface area contributed by atoms with E-state index < -0.39 is 5.54 Å². The fraction of sp³-hybridized carbons (Fsp3) is 0.571. The Labute approximate surface area is 103 Å². The summed E-state index contributed by atoms with van der Waals surface area (Å²) in [6.45, 7) is 3.39. The van der Waals surface area contributed by atoms with Gasteiger partial charge in [0.15, 0.2) is 0 Å². The molecule has 2 N–H and O–H groups in total. The van der Waals surface area contributed by atoms with E-state index in [2.05, 4.69) is 25.1 Å². The minimum atomic E-state index is -0.447. The third-order valence-corrected chi connectivity index (χ3v) is 3.50. The number of hydrogen-bond donors (Lipinski definition) is 1. The van der Waals surface area contributed by atoms with Crippen molar-refractivity contribution in [2.24, 2.45) is 5.73 Å². The molecule has 0 bridgehead atoms. The number of methoxy groups -OCH3 is 1. The number of benzene rings is 1. The number of fused-ring (bicyclic) bond motifs is 1. The van der Waals surface area contributed by atoms with Crippen molar-refractivity contribution >= 4 is 0 Å². The normalized spacial score (nSPS) is 18.1. The lowest BCUT2D eigenvalue weighted by molar-refractivity contribution is 0.126. The first-order valence-corrected chi connectivity index (χ1v) is 6.24. The summed E-state index contributed by atoms with van der Waals surface area (Å²) in [4.78, 5) is 0. The minimum Gasteiger partial charge on any atom is -0.493 e. The molecule has 1 atom stereocenters. The SMILES string of the molecule is CCC(N)(COC)c1cccc2c1OCCC2. The number of hydrogen-bond acceptors (Lipinski definition) is 3. The van der Waals surface area contributed by atoms with Gasteiger partial charge < -0.3 is 15.2 Å². The Kier molecular flexibility index (Phi) is 3.69. The molecule has 1 aromatic carbocycles. The maximum atomic E-state index is 6.45. The van der Waals surface area contributed by atoms with Crippen LogP contribution in [0.15, 0.2) is 18.2 Å². The summed E-state index contributed by atoms with van der Waals surface area (Å²) in [5.74, 6) is 0.986. The van der Waals surface area contributed by atoms with E-state index in [1.165, 1.54) is 5.56 Å². The van der Waals surface area contributed by atoms with Crippen molar-refractivity contribution in [1.29, 1.82) is 0 Å². The summed E-state index contributed by atoms with van der Waals surface area (Å²) < 4.78 is 11.1. The molecule has 3 nitrogen and oxygen atoms in total. The van der Waals surface area contributed by atoms with Crippen LogP contribution in [0.3, 0.4) is 0 Å². The van der Waals surface area contributed by atoms with E-state index >= 15 is 0 Å². The van der Waals surface area contributed by atoms with Crippen LogP contribution in [0.25, 0.3) is 0 Å². The van der Waals surface area contributed by atoms with Gasteiger partial charge in [-0.15, -0.1) is 0 Å². The molecule has 17 heavy (non-hydrogen) atoms.